The normalized spacial score (nSPS) is 10.6. The highest BCUT2D eigenvalue weighted by atomic mass is 14.7. The molecule has 2 heteroatoms. The zero-order valence-corrected chi connectivity index (χ0v) is 9.35. The maximum absolute atomic E-state index is 5.97. The summed E-state index contributed by atoms with van der Waals surface area (Å²) >= 11 is 0. The monoisotopic (exact) mass is 221 g/mol. The Morgan fingerprint density at radius 1 is 0.824 bits per heavy atom. The molecule has 0 radical (unpaired) electrons. The molecule has 17 heavy (non-hydrogen) atoms. The van der Waals surface area contributed by atoms with Gasteiger partial charge in [-0.05, 0) is 17.7 Å². The predicted octanol–water partition coefficient (Wildman–Crippen LogP) is 2.90. The van der Waals surface area contributed by atoms with E-state index in [9.17, 15) is 0 Å². The molecule has 3 aromatic rings. The van der Waals surface area contributed by atoms with E-state index in [0.29, 0.717) is 0 Å². The van der Waals surface area contributed by atoms with Gasteiger partial charge in [0.2, 0.25) is 5.52 Å². The van der Waals surface area contributed by atoms with E-state index in [0.717, 1.165) is 16.6 Å². The van der Waals surface area contributed by atoms with Gasteiger partial charge in [0, 0.05) is 11.6 Å². The molecule has 2 aromatic carbocycles. The van der Waals surface area contributed by atoms with Gasteiger partial charge in [-0.2, -0.15) is 0 Å². The first-order valence-corrected chi connectivity index (χ1v) is 5.60. The van der Waals surface area contributed by atoms with Crippen molar-refractivity contribution >= 4 is 16.6 Å². The predicted molar refractivity (Wildman–Crippen MR) is 70.4 cm³/mol. The van der Waals surface area contributed by atoms with Gasteiger partial charge >= 0.3 is 0 Å². The van der Waals surface area contributed by atoms with Crippen molar-refractivity contribution in [3.8, 4) is 11.1 Å². The molecule has 1 heterocycles. The summed E-state index contributed by atoms with van der Waals surface area (Å²) < 4.78 is 0. The van der Waals surface area contributed by atoms with E-state index in [1.165, 1.54) is 11.1 Å². The van der Waals surface area contributed by atoms with Gasteiger partial charge in [0.1, 0.15) is 5.69 Å². The van der Waals surface area contributed by atoms with E-state index < -0.39 is 0 Å². The van der Waals surface area contributed by atoms with Gasteiger partial charge in [-0.3, -0.25) is 0 Å². The molecule has 3 rings (SSSR count). The van der Waals surface area contributed by atoms with Crippen LogP contribution in [-0.4, -0.2) is 0 Å². The van der Waals surface area contributed by atoms with Crippen LogP contribution in [0.25, 0.3) is 22.0 Å². The van der Waals surface area contributed by atoms with Gasteiger partial charge < -0.3 is 5.73 Å². The molecule has 82 valence electrons. The largest absolute Gasteiger partial charge is 0.393 e. The van der Waals surface area contributed by atoms with Crippen LogP contribution in [0.5, 0.6) is 0 Å². The number of hydrogen-bond acceptors (Lipinski definition) is 1. The van der Waals surface area contributed by atoms with Crippen LogP contribution in [0.4, 0.5) is 5.69 Å². The second kappa shape index (κ2) is 3.91. The minimum atomic E-state index is 0.778. The van der Waals surface area contributed by atoms with E-state index in [4.69, 9.17) is 5.73 Å². The number of H-pyrrole nitrogens is 1. The first kappa shape index (κ1) is 9.85. The highest BCUT2D eigenvalue weighted by Gasteiger charge is 2.09. The number of nitrogens with one attached hydrogen (secondary N) is 1. The van der Waals surface area contributed by atoms with E-state index in [1.54, 1.807) is 0 Å². The number of benzene rings is 2. The standard InChI is InChI=1S/C15H12N2/c16-14-8-4-7-13-12(9-10-17-15(13)14)11-5-2-1-3-6-11/h1-10H,16H2/p+1. The van der Waals surface area contributed by atoms with Gasteiger partial charge in [-0.1, -0.05) is 36.4 Å². The Hall–Kier alpha value is -2.35. The molecule has 0 unspecified atom stereocenters. The first-order valence-electron chi connectivity index (χ1n) is 5.60. The van der Waals surface area contributed by atoms with Crippen molar-refractivity contribution < 1.29 is 4.98 Å². The average molecular weight is 221 g/mol. The molecule has 0 saturated carbocycles. The second-order valence-electron chi connectivity index (χ2n) is 4.03. The third kappa shape index (κ3) is 1.64. The maximum atomic E-state index is 5.97. The third-order valence-corrected chi connectivity index (χ3v) is 2.95. The number of hydrogen-bond donors (Lipinski definition) is 1. The molecule has 0 fully saturated rings. The Balaban J connectivity index is 2.35. The van der Waals surface area contributed by atoms with Crippen molar-refractivity contribution in [3.05, 3.63) is 60.8 Å². The number of rotatable bonds is 1. The Bertz CT molecular complexity index is 660. The number of nitrogen functional groups attached to an aromatic ring is 1. The molecule has 0 aliphatic rings. The lowest BCUT2D eigenvalue weighted by Gasteiger charge is -2.04. The Morgan fingerprint density at radius 3 is 2.47 bits per heavy atom. The van der Waals surface area contributed by atoms with Gasteiger partial charge in [0.15, 0.2) is 6.20 Å². The number of para-hydroxylation sites is 1. The molecule has 2 nitrogen and oxygen atoms in total. The summed E-state index contributed by atoms with van der Waals surface area (Å²) in [5, 5.41) is 1.15. The van der Waals surface area contributed by atoms with Crippen molar-refractivity contribution in [2.24, 2.45) is 0 Å². The van der Waals surface area contributed by atoms with Crippen molar-refractivity contribution in [1.29, 1.82) is 0 Å². The summed E-state index contributed by atoms with van der Waals surface area (Å²) in [6, 6.07) is 18.4. The summed E-state index contributed by atoms with van der Waals surface area (Å²) in [4.78, 5) is 3.20. The number of fused-ring (bicyclic) bond motifs is 1. The lowest BCUT2D eigenvalue weighted by molar-refractivity contribution is -0.343. The molecule has 0 amide bonds. The molecule has 0 aliphatic carbocycles. The van der Waals surface area contributed by atoms with Gasteiger partial charge in [-0.15, -0.1) is 0 Å². The lowest BCUT2D eigenvalue weighted by Crippen LogP contribution is -2.05. The summed E-state index contributed by atoms with van der Waals surface area (Å²) in [5.74, 6) is 0. The van der Waals surface area contributed by atoms with Crippen LogP contribution in [-0.2, 0) is 0 Å². The van der Waals surface area contributed by atoms with Crippen molar-refractivity contribution in [3.63, 3.8) is 0 Å². The molecule has 0 atom stereocenters. The fraction of sp³-hybridized carbons (Fsp3) is 0. The van der Waals surface area contributed by atoms with Gasteiger partial charge in [0.25, 0.3) is 0 Å². The summed E-state index contributed by atoms with van der Waals surface area (Å²) in [7, 11) is 0. The fourth-order valence-electron chi connectivity index (χ4n) is 2.12. The molecule has 0 spiro atoms. The minimum absolute atomic E-state index is 0.778. The zero-order chi connectivity index (χ0) is 11.7. The highest BCUT2D eigenvalue weighted by molar-refractivity contribution is 5.97. The molecular formula is C15H13N2+. The minimum Gasteiger partial charge on any atom is -0.393 e. The van der Waals surface area contributed by atoms with Crippen LogP contribution in [0.15, 0.2) is 60.8 Å². The number of aromatic amines is 1. The smallest absolute Gasteiger partial charge is 0.234 e. The summed E-state index contributed by atoms with van der Waals surface area (Å²) in [6.07, 6.45) is 1.93. The molecule has 3 N–H and O–H groups in total. The van der Waals surface area contributed by atoms with Gasteiger partial charge in [0.05, 0.1) is 5.39 Å². The lowest BCUT2D eigenvalue weighted by atomic mass is 10.0. The quantitative estimate of drug-likeness (QED) is 0.630. The van der Waals surface area contributed by atoms with Crippen LogP contribution >= 0.6 is 0 Å². The topological polar surface area (TPSA) is 40.2 Å². The third-order valence-electron chi connectivity index (χ3n) is 2.95. The molecule has 1 aromatic heterocycles. The Kier molecular flexibility index (Phi) is 2.26. The first-order chi connectivity index (χ1) is 8.36. The SMILES string of the molecule is Nc1cccc2c(-c3ccccc3)cc[nH+]c12. The van der Waals surface area contributed by atoms with E-state index in [-0.39, 0.29) is 0 Å². The van der Waals surface area contributed by atoms with Gasteiger partial charge in [-0.25, -0.2) is 4.98 Å². The Labute approximate surface area is 99.7 Å². The van der Waals surface area contributed by atoms with Crippen LogP contribution in [0.3, 0.4) is 0 Å². The summed E-state index contributed by atoms with van der Waals surface area (Å²) in [5.41, 5.74) is 10.2. The van der Waals surface area contributed by atoms with Crippen molar-refractivity contribution in [1.82, 2.24) is 0 Å². The van der Waals surface area contributed by atoms with E-state index in [1.807, 2.05) is 36.5 Å². The second-order valence-corrected chi connectivity index (χ2v) is 4.03. The number of anilines is 1. The highest BCUT2D eigenvalue weighted by Crippen LogP contribution is 2.27. The number of aromatic nitrogens is 1. The average Bonchev–Trinajstić information content (AvgIpc) is 2.40. The van der Waals surface area contributed by atoms with Crippen molar-refractivity contribution in [2.45, 2.75) is 0 Å². The molecule has 0 saturated heterocycles. The molecule has 0 aliphatic heterocycles. The maximum Gasteiger partial charge on any atom is 0.234 e. The molecular weight excluding hydrogens is 208 g/mol. The van der Waals surface area contributed by atoms with Crippen LogP contribution in [0.1, 0.15) is 0 Å². The summed E-state index contributed by atoms with van der Waals surface area (Å²) in [6.45, 7) is 0. The van der Waals surface area contributed by atoms with Crippen molar-refractivity contribution in [2.75, 3.05) is 5.73 Å². The number of nitrogens with two attached hydrogens (primary N) is 1. The molecule has 0 bridgehead atoms. The van der Waals surface area contributed by atoms with Crippen LogP contribution in [0.2, 0.25) is 0 Å². The Morgan fingerprint density at radius 2 is 1.65 bits per heavy atom. The number of pyridine rings is 1. The van der Waals surface area contributed by atoms with E-state index >= 15 is 0 Å². The van der Waals surface area contributed by atoms with Crippen LogP contribution in [0, 0.1) is 0 Å². The van der Waals surface area contributed by atoms with Crippen LogP contribution < -0.4 is 10.7 Å². The zero-order valence-electron chi connectivity index (χ0n) is 9.35. The fourth-order valence-corrected chi connectivity index (χ4v) is 2.12. The van der Waals surface area contributed by atoms with E-state index in [2.05, 4.69) is 29.2 Å².